The predicted molar refractivity (Wildman–Crippen MR) is 64.5 cm³/mol. The fraction of sp³-hybridized carbons (Fsp3) is 0.923. The number of hydrogen-bond donors (Lipinski definition) is 0. The molecule has 0 aromatic heterocycles. The summed E-state index contributed by atoms with van der Waals surface area (Å²) in [6, 6.07) is 0. The number of nitrogens with zero attached hydrogens (tertiary/aromatic N) is 1. The van der Waals surface area contributed by atoms with E-state index in [-0.39, 0.29) is 17.1 Å². The van der Waals surface area contributed by atoms with Crippen molar-refractivity contribution in [1.82, 2.24) is 4.90 Å². The Bertz CT molecular complexity index is 285. The molecule has 0 atom stereocenters. The fourth-order valence-corrected chi connectivity index (χ4v) is 2.72. The quantitative estimate of drug-likeness (QED) is 0.740. The van der Waals surface area contributed by atoms with E-state index < -0.39 is 0 Å². The lowest BCUT2D eigenvalue weighted by Gasteiger charge is -2.41. The van der Waals surface area contributed by atoms with Crippen LogP contribution in [0.15, 0.2) is 0 Å². The molecule has 2 aliphatic rings. The maximum Gasteiger partial charge on any atom is 0.222 e. The van der Waals surface area contributed by atoms with Crippen LogP contribution < -0.4 is 0 Å². The second kappa shape index (κ2) is 4.58. The van der Waals surface area contributed by atoms with E-state index in [2.05, 4.69) is 6.92 Å². The standard InChI is InChI=1S/C13H23NO3/c1-12(10-11(15)14(2)3)4-6-13(7-5-12)16-8-9-17-13/h4-10H2,1-3H3. The van der Waals surface area contributed by atoms with Crippen LogP contribution in [0, 0.1) is 5.41 Å². The van der Waals surface area contributed by atoms with Crippen LogP contribution in [0.25, 0.3) is 0 Å². The normalized spacial score (nSPS) is 26.1. The first-order chi connectivity index (χ1) is 7.95. The SMILES string of the molecule is CN(C)C(=O)CC1(C)CCC2(CC1)OCCO2. The van der Waals surface area contributed by atoms with Gasteiger partial charge >= 0.3 is 0 Å². The molecule has 2 fully saturated rings. The van der Waals surface area contributed by atoms with Crippen molar-refractivity contribution in [3.63, 3.8) is 0 Å². The van der Waals surface area contributed by atoms with Crippen molar-refractivity contribution in [3.05, 3.63) is 0 Å². The summed E-state index contributed by atoms with van der Waals surface area (Å²) < 4.78 is 11.4. The zero-order valence-electron chi connectivity index (χ0n) is 11.1. The Hall–Kier alpha value is -0.610. The number of carbonyl (C=O) groups excluding carboxylic acids is 1. The Balaban J connectivity index is 1.90. The summed E-state index contributed by atoms with van der Waals surface area (Å²) in [7, 11) is 3.64. The van der Waals surface area contributed by atoms with E-state index in [1.807, 2.05) is 14.1 Å². The third kappa shape index (κ3) is 2.80. The topological polar surface area (TPSA) is 38.8 Å². The predicted octanol–water partition coefficient (Wildman–Crippen LogP) is 1.79. The molecule has 17 heavy (non-hydrogen) atoms. The molecule has 2 rings (SSSR count). The summed E-state index contributed by atoms with van der Waals surface area (Å²) in [6.07, 6.45) is 4.49. The lowest BCUT2D eigenvalue weighted by atomic mass is 9.71. The zero-order valence-corrected chi connectivity index (χ0v) is 11.1. The molecule has 0 aromatic carbocycles. The van der Waals surface area contributed by atoms with Gasteiger partial charge in [0.1, 0.15) is 0 Å². The first-order valence-electron chi connectivity index (χ1n) is 6.43. The molecule has 0 N–H and O–H groups in total. The van der Waals surface area contributed by atoms with E-state index in [0.717, 1.165) is 25.7 Å². The molecule has 1 amide bonds. The molecular weight excluding hydrogens is 218 g/mol. The van der Waals surface area contributed by atoms with Gasteiger partial charge in [-0.2, -0.15) is 0 Å². The van der Waals surface area contributed by atoms with Gasteiger partial charge in [0.2, 0.25) is 5.91 Å². The Kier molecular flexibility index (Phi) is 3.46. The molecule has 1 aliphatic carbocycles. The molecule has 1 aliphatic heterocycles. The number of ether oxygens (including phenoxy) is 2. The van der Waals surface area contributed by atoms with Gasteiger partial charge in [-0.1, -0.05) is 6.92 Å². The maximum absolute atomic E-state index is 11.8. The highest BCUT2D eigenvalue weighted by molar-refractivity contribution is 5.76. The first kappa shape index (κ1) is 12.8. The van der Waals surface area contributed by atoms with E-state index in [1.165, 1.54) is 0 Å². The molecule has 0 unspecified atom stereocenters. The largest absolute Gasteiger partial charge is 0.349 e. The van der Waals surface area contributed by atoms with Gasteiger partial charge in [0, 0.05) is 33.4 Å². The lowest BCUT2D eigenvalue weighted by molar-refractivity contribution is -0.191. The maximum atomic E-state index is 11.8. The van der Waals surface area contributed by atoms with Gasteiger partial charge in [-0.05, 0) is 18.3 Å². The monoisotopic (exact) mass is 241 g/mol. The molecule has 0 radical (unpaired) electrons. The van der Waals surface area contributed by atoms with Crippen molar-refractivity contribution >= 4 is 5.91 Å². The number of carbonyl (C=O) groups is 1. The van der Waals surface area contributed by atoms with E-state index >= 15 is 0 Å². The first-order valence-corrected chi connectivity index (χ1v) is 6.43. The second-order valence-electron chi connectivity index (χ2n) is 5.88. The summed E-state index contributed by atoms with van der Waals surface area (Å²) in [5.41, 5.74) is 0.113. The highest BCUT2D eigenvalue weighted by Crippen LogP contribution is 2.46. The van der Waals surface area contributed by atoms with Crippen LogP contribution in [0.2, 0.25) is 0 Å². The highest BCUT2D eigenvalue weighted by Gasteiger charge is 2.44. The van der Waals surface area contributed by atoms with E-state index in [0.29, 0.717) is 19.6 Å². The molecule has 1 saturated carbocycles. The highest BCUT2D eigenvalue weighted by atomic mass is 16.7. The van der Waals surface area contributed by atoms with Crippen molar-refractivity contribution in [2.45, 2.75) is 44.8 Å². The third-order valence-electron chi connectivity index (χ3n) is 4.11. The molecular formula is C13H23NO3. The minimum absolute atomic E-state index is 0.113. The van der Waals surface area contributed by atoms with Crippen molar-refractivity contribution in [2.75, 3.05) is 27.3 Å². The average molecular weight is 241 g/mol. The van der Waals surface area contributed by atoms with Gasteiger partial charge < -0.3 is 14.4 Å². The lowest BCUT2D eigenvalue weighted by Crippen LogP contribution is -2.40. The smallest absolute Gasteiger partial charge is 0.222 e. The van der Waals surface area contributed by atoms with Gasteiger partial charge in [-0.25, -0.2) is 0 Å². The molecule has 1 saturated heterocycles. The summed E-state index contributed by atoms with van der Waals surface area (Å²) in [5.74, 6) is -0.0996. The minimum atomic E-state index is -0.319. The van der Waals surface area contributed by atoms with Gasteiger partial charge in [0.15, 0.2) is 5.79 Å². The van der Waals surface area contributed by atoms with Gasteiger partial charge in [0.25, 0.3) is 0 Å². The van der Waals surface area contributed by atoms with Crippen LogP contribution in [0.4, 0.5) is 0 Å². The Labute approximate surface area is 103 Å². The number of hydrogen-bond acceptors (Lipinski definition) is 3. The van der Waals surface area contributed by atoms with Crippen LogP contribution in [0.3, 0.4) is 0 Å². The van der Waals surface area contributed by atoms with Crippen molar-refractivity contribution < 1.29 is 14.3 Å². The fourth-order valence-electron chi connectivity index (χ4n) is 2.72. The molecule has 0 bridgehead atoms. The average Bonchev–Trinajstić information content (AvgIpc) is 2.72. The molecule has 4 heteroatoms. The Morgan fingerprint density at radius 2 is 1.65 bits per heavy atom. The molecule has 4 nitrogen and oxygen atoms in total. The van der Waals surface area contributed by atoms with E-state index in [4.69, 9.17) is 9.47 Å². The van der Waals surface area contributed by atoms with Crippen LogP contribution in [0.1, 0.15) is 39.0 Å². The Morgan fingerprint density at radius 3 is 2.12 bits per heavy atom. The molecule has 98 valence electrons. The van der Waals surface area contributed by atoms with Crippen LogP contribution >= 0.6 is 0 Å². The van der Waals surface area contributed by atoms with Gasteiger partial charge in [0.05, 0.1) is 13.2 Å². The summed E-state index contributed by atoms with van der Waals surface area (Å²) in [6.45, 7) is 3.64. The summed E-state index contributed by atoms with van der Waals surface area (Å²) in [4.78, 5) is 13.5. The van der Waals surface area contributed by atoms with Crippen molar-refractivity contribution in [2.24, 2.45) is 5.41 Å². The minimum Gasteiger partial charge on any atom is -0.349 e. The summed E-state index contributed by atoms with van der Waals surface area (Å²) in [5, 5.41) is 0. The number of rotatable bonds is 2. The van der Waals surface area contributed by atoms with Crippen molar-refractivity contribution in [1.29, 1.82) is 0 Å². The summed E-state index contributed by atoms with van der Waals surface area (Å²) >= 11 is 0. The van der Waals surface area contributed by atoms with Crippen LogP contribution in [0.5, 0.6) is 0 Å². The van der Waals surface area contributed by atoms with E-state index in [9.17, 15) is 4.79 Å². The second-order valence-corrected chi connectivity index (χ2v) is 5.88. The molecule has 1 heterocycles. The number of amides is 1. The van der Waals surface area contributed by atoms with Crippen LogP contribution in [-0.2, 0) is 14.3 Å². The third-order valence-corrected chi connectivity index (χ3v) is 4.11. The van der Waals surface area contributed by atoms with Gasteiger partial charge in [-0.15, -0.1) is 0 Å². The molecule has 0 aromatic rings. The van der Waals surface area contributed by atoms with Crippen LogP contribution in [-0.4, -0.2) is 43.9 Å². The van der Waals surface area contributed by atoms with E-state index in [1.54, 1.807) is 4.90 Å². The zero-order chi connectivity index (χ0) is 12.5. The molecule has 1 spiro atoms. The Morgan fingerprint density at radius 1 is 1.12 bits per heavy atom. The van der Waals surface area contributed by atoms with Gasteiger partial charge in [-0.3, -0.25) is 4.79 Å². The van der Waals surface area contributed by atoms with Crippen molar-refractivity contribution in [3.8, 4) is 0 Å².